The van der Waals surface area contributed by atoms with Crippen LogP contribution in [0, 0.1) is 0 Å². The Morgan fingerprint density at radius 2 is 2.00 bits per heavy atom. The van der Waals surface area contributed by atoms with Crippen molar-refractivity contribution in [3.8, 4) is 0 Å². The summed E-state index contributed by atoms with van der Waals surface area (Å²) < 4.78 is 0. The first kappa shape index (κ1) is 12.5. The quantitative estimate of drug-likeness (QED) is 0.755. The van der Waals surface area contributed by atoms with Gasteiger partial charge < -0.3 is 5.32 Å². The third-order valence-corrected chi connectivity index (χ3v) is 2.45. The summed E-state index contributed by atoms with van der Waals surface area (Å²) in [6, 6.07) is 8.20. The molecule has 16 heavy (non-hydrogen) atoms. The minimum absolute atomic E-state index is 0.0391. The highest BCUT2D eigenvalue weighted by Gasteiger charge is 2.03. The first-order valence-electron chi connectivity index (χ1n) is 5.60. The molecule has 2 heteroatoms. The van der Waals surface area contributed by atoms with E-state index < -0.39 is 0 Å². The summed E-state index contributed by atoms with van der Waals surface area (Å²) in [6.45, 7) is 8.40. The van der Waals surface area contributed by atoms with Crippen LogP contribution in [0.25, 0.3) is 0 Å². The van der Waals surface area contributed by atoms with Crippen LogP contribution >= 0.6 is 0 Å². The highest BCUT2D eigenvalue weighted by Crippen LogP contribution is 2.14. The Hall–Kier alpha value is -1.57. The zero-order chi connectivity index (χ0) is 12.0. The second-order valence-corrected chi connectivity index (χ2v) is 4.17. The largest absolute Gasteiger partial charge is 0.352 e. The van der Waals surface area contributed by atoms with Gasteiger partial charge in [0.2, 0.25) is 5.91 Å². The smallest absolute Gasteiger partial charge is 0.224 e. The standard InChI is InChI=1S/C14H19NO/c1-4-9-15-14(16)10-12-5-7-13(8-6-12)11(2)3/h4-8,11H,1,9-10H2,2-3H3,(H,15,16). The van der Waals surface area contributed by atoms with Crippen LogP contribution in [0.2, 0.25) is 0 Å². The summed E-state index contributed by atoms with van der Waals surface area (Å²) in [7, 11) is 0. The van der Waals surface area contributed by atoms with Crippen molar-refractivity contribution in [1.29, 1.82) is 0 Å². The van der Waals surface area contributed by atoms with E-state index in [-0.39, 0.29) is 5.91 Å². The van der Waals surface area contributed by atoms with Gasteiger partial charge in [0.05, 0.1) is 6.42 Å². The molecule has 0 saturated carbocycles. The lowest BCUT2D eigenvalue weighted by Gasteiger charge is -2.07. The first-order chi connectivity index (χ1) is 7.63. The van der Waals surface area contributed by atoms with Crippen molar-refractivity contribution in [1.82, 2.24) is 5.32 Å². The fourth-order valence-electron chi connectivity index (χ4n) is 1.45. The monoisotopic (exact) mass is 217 g/mol. The maximum absolute atomic E-state index is 11.4. The molecule has 1 rings (SSSR count). The van der Waals surface area contributed by atoms with E-state index in [0.717, 1.165) is 5.56 Å². The number of nitrogens with one attached hydrogen (secondary N) is 1. The van der Waals surface area contributed by atoms with Crippen LogP contribution in [0.1, 0.15) is 30.9 Å². The molecule has 0 aromatic heterocycles. The van der Waals surface area contributed by atoms with Crippen LogP contribution in [0.3, 0.4) is 0 Å². The number of carbonyl (C=O) groups is 1. The van der Waals surface area contributed by atoms with Gasteiger partial charge in [-0.3, -0.25) is 4.79 Å². The van der Waals surface area contributed by atoms with E-state index >= 15 is 0 Å². The topological polar surface area (TPSA) is 29.1 Å². The Morgan fingerprint density at radius 3 is 2.50 bits per heavy atom. The van der Waals surface area contributed by atoms with Crippen molar-refractivity contribution in [3.63, 3.8) is 0 Å². The van der Waals surface area contributed by atoms with Gasteiger partial charge in [0, 0.05) is 6.54 Å². The number of hydrogen-bond acceptors (Lipinski definition) is 1. The Balaban J connectivity index is 2.54. The second kappa shape index (κ2) is 6.11. The van der Waals surface area contributed by atoms with Gasteiger partial charge in [-0.1, -0.05) is 44.2 Å². The van der Waals surface area contributed by atoms with Crippen LogP contribution in [0.15, 0.2) is 36.9 Å². The van der Waals surface area contributed by atoms with E-state index in [1.54, 1.807) is 6.08 Å². The van der Waals surface area contributed by atoms with Crippen molar-refractivity contribution in [2.75, 3.05) is 6.54 Å². The molecule has 0 unspecified atom stereocenters. The molecule has 1 aromatic rings. The molecular formula is C14H19NO. The van der Waals surface area contributed by atoms with Gasteiger partial charge in [-0.15, -0.1) is 6.58 Å². The molecule has 0 saturated heterocycles. The lowest BCUT2D eigenvalue weighted by Crippen LogP contribution is -2.24. The highest BCUT2D eigenvalue weighted by molar-refractivity contribution is 5.78. The van der Waals surface area contributed by atoms with Gasteiger partial charge in [0.15, 0.2) is 0 Å². The maximum Gasteiger partial charge on any atom is 0.224 e. The predicted octanol–water partition coefficient (Wildman–Crippen LogP) is 2.65. The Kier molecular flexibility index (Phi) is 4.77. The van der Waals surface area contributed by atoms with Crippen LogP contribution in [0.5, 0.6) is 0 Å². The van der Waals surface area contributed by atoms with Gasteiger partial charge in [-0.25, -0.2) is 0 Å². The molecule has 0 aliphatic heterocycles. The third-order valence-electron chi connectivity index (χ3n) is 2.45. The van der Waals surface area contributed by atoms with Gasteiger partial charge in [0.1, 0.15) is 0 Å². The molecule has 2 nitrogen and oxygen atoms in total. The lowest BCUT2D eigenvalue weighted by atomic mass is 10.0. The van der Waals surface area contributed by atoms with Gasteiger partial charge in [-0.2, -0.15) is 0 Å². The van der Waals surface area contributed by atoms with Crippen molar-refractivity contribution < 1.29 is 4.79 Å². The SMILES string of the molecule is C=CCNC(=O)Cc1ccc(C(C)C)cc1. The number of carbonyl (C=O) groups excluding carboxylic acids is 1. The number of amides is 1. The molecule has 0 spiro atoms. The number of rotatable bonds is 5. The molecule has 0 fully saturated rings. The second-order valence-electron chi connectivity index (χ2n) is 4.17. The van der Waals surface area contributed by atoms with Gasteiger partial charge in [0.25, 0.3) is 0 Å². The van der Waals surface area contributed by atoms with Crippen molar-refractivity contribution >= 4 is 5.91 Å². The average molecular weight is 217 g/mol. The maximum atomic E-state index is 11.4. The Bertz CT molecular complexity index is 352. The molecule has 1 aromatic carbocycles. The Labute approximate surface area is 97.4 Å². The molecule has 0 heterocycles. The van der Waals surface area contributed by atoms with E-state index in [2.05, 4.69) is 37.9 Å². The highest BCUT2D eigenvalue weighted by atomic mass is 16.1. The summed E-state index contributed by atoms with van der Waals surface area (Å²) in [4.78, 5) is 11.4. The molecule has 0 aliphatic rings. The number of benzene rings is 1. The van der Waals surface area contributed by atoms with E-state index in [9.17, 15) is 4.79 Å². The summed E-state index contributed by atoms with van der Waals surface area (Å²) in [5.41, 5.74) is 2.35. The van der Waals surface area contributed by atoms with Crippen LogP contribution < -0.4 is 5.32 Å². The zero-order valence-electron chi connectivity index (χ0n) is 9.99. The first-order valence-corrected chi connectivity index (χ1v) is 5.60. The van der Waals surface area contributed by atoms with Gasteiger partial charge in [-0.05, 0) is 17.0 Å². The molecular weight excluding hydrogens is 198 g/mol. The summed E-state index contributed by atoms with van der Waals surface area (Å²) in [5, 5.41) is 2.76. The van der Waals surface area contributed by atoms with Crippen molar-refractivity contribution in [2.45, 2.75) is 26.2 Å². The summed E-state index contributed by atoms with van der Waals surface area (Å²) in [6.07, 6.45) is 2.12. The molecule has 1 N–H and O–H groups in total. The minimum atomic E-state index is 0.0391. The van der Waals surface area contributed by atoms with E-state index in [4.69, 9.17) is 0 Å². The van der Waals surface area contributed by atoms with E-state index in [0.29, 0.717) is 18.9 Å². The average Bonchev–Trinajstić information content (AvgIpc) is 2.27. The van der Waals surface area contributed by atoms with Crippen LogP contribution in [-0.2, 0) is 11.2 Å². The van der Waals surface area contributed by atoms with E-state index in [1.807, 2.05) is 12.1 Å². The third kappa shape index (κ3) is 3.89. The fourth-order valence-corrected chi connectivity index (χ4v) is 1.45. The molecule has 0 radical (unpaired) electrons. The molecule has 1 amide bonds. The van der Waals surface area contributed by atoms with Crippen LogP contribution in [0.4, 0.5) is 0 Å². The van der Waals surface area contributed by atoms with E-state index in [1.165, 1.54) is 5.56 Å². The molecule has 0 atom stereocenters. The minimum Gasteiger partial charge on any atom is -0.352 e. The zero-order valence-corrected chi connectivity index (χ0v) is 9.99. The molecule has 0 bridgehead atoms. The van der Waals surface area contributed by atoms with Crippen molar-refractivity contribution in [2.24, 2.45) is 0 Å². The lowest BCUT2D eigenvalue weighted by molar-refractivity contribution is -0.120. The predicted molar refractivity (Wildman–Crippen MR) is 67.4 cm³/mol. The van der Waals surface area contributed by atoms with Crippen molar-refractivity contribution in [3.05, 3.63) is 48.0 Å². The number of hydrogen-bond donors (Lipinski definition) is 1. The normalized spacial score (nSPS) is 10.2. The summed E-state index contributed by atoms with van der Waals surface area (Å²) in [5.74, 6) is 0.570. The molecule has 0 aliphatic carbocycles. The fraction of sp³-hybridized carbons (Fsp3) is 0.357. The summed E-state index contributed by atoms with van der Waals surface area (Å²) >= 11 is 0. The van der Waals surface area contributed by atoms with Crippen LogP contribution in [-0.4, -0.2) is 12.5 Å². The van der Waals surface area contributed by atoms with Gasteiger partial charge >= 0.3 is 0 Å². The molecule has 86 valence electrons. The Morgan fingerprint density at radius 1 is 1.38 bits per heavy atom.